The summed E-state index contributed by atoms with van der Waals surface area (Å²) in [6, 6.07) is 21.4. The molecule has 0 unspecified atom stereocenters. The van der Waals surface area contributed by atoms with Crippen LogP contribution in [0.3, 0.4) is 0 Å². The van der Waals surface area contributed by atoms with Crippen molar-refractivity contribution < 1.29 is 18.0 Å². The lowest BCUT2D eigenvalue weighted by Crippen LogP contribution is -2.38. The maximum absolute atomic E-state index is 13.4. The van der Waals surface area contributed by atoms with Crippen LogP contribution in [0.1, 0.15) is 30.6 Å². The number of rotatable bonds is 9. The summed E-state index contributed by atoms with van der Waals surface area (Å²) in [6.07, 6.45) is 0.766. The first kappa shape index (κ1) is 25.7. The molecule has 0 bridgehead atoms. The molecular weight excluding hydrogens is 565 g/mol. The summed E-state index contributed by atoms with van der Waals surface area (Å²) in [5, 5.41) is 5.59. The number of hydrogen-bond donors (Lipinski definition) is 2. The Morgan fingerprint density at radius 3 is 2.21 bits per heavy atom. The van der Waals surface area contributed by atoms with E-state index in [-0.39, 0.29) is 16.8 Å². The molecule has 0 radical (unpaired) electrons. The average Bonchev–Trinajstić information content (AvgIpc) is 2.84. The van der Waals surface area contributed by atoms with E-state index in [0.29, 0.717) is 16.9 Å². The van der Waals surface area contributed by atoms with Gasteiger partial charge >= 0.3 is 0 Å². The molecule has 34 heavy (non-hydrogen) atoms. The number of nitrogens with one attached hydrogen (secondary N) is 2. The van der Waals surface area contributed by atoms with Gasteiger partial charge in [0.05, 0.1) is 21.8 Å². The second-order valence-corrected chi connectivity index (χ2v) is 10.8. The molecule has 0 aliphatic carbocycles. The fraction of sp³-hybridized carbons (Fsp3) is 0.200. The van der Waals surface area contributed by atoms with Crippen LogP contribution >= 0.6 is 22.6 Å². The Balaban J connectivity index is 1.89. The van der Waals surface area contributed by atoms with E-state index in [1.165, 1.54) is 12.1 Å². The number of benzene rings is 3. The van der Waals surface area contributed by atoms with Gasteiger partial charge in [0.25, 0.3) is 15.9 Å². The molecule has 0 aromatic heterocycles. The van der Waals surface area contributed by atoms with Gasteiger partial charge in [-0.25, -0.2) is 8.42 Å². The molecule has 0 spiro atoms. The lowest BCUT2D eigenvalue weighted by molar-refractivity contribution is -0.114. The molecule has 9 heteroatoms. The Labute approximate surface area is 213 Å². The Hall–Kier alpha value is -2.92. The van der Waals surface area contributed by atoms with Crippen molar-refractivity contribution in [1.29, 1.82) is 0 Å². The van der Waals surface area contributed by atoms with Crippen LogP contribution in [-0.2, 0) is 14.8 Å². The summed E-state index contributed by atoms with van der Waals surface area (Å²) in [5.74, 6) is -0.876. The molecule has 0 heterocycles. The van der Waals surface area contributed by atoms with Gasteiger partial charge in [-0.1, -0.05) is 37.3 Å². The molecule has 0 fully saturated rings. The number of carbonyl (C=O) groups excluding carboxylic acids is 2. The second kappa shape index (κ2) is 11.5. The van der Waals surface area contributed by atoms with Crippen molar-refractivity contribution in [2.45, 2.75) is 31.2 Å². The summed E-state index contributed by atoms with van der Waals surface area (Å²) < 4.78 is 28.8. The molecular formula is C25H26IN3O4S. The highest BCUT2D eigenvalue weighted by Crippen LogP contribution is 2.25. The van der Waals surface area contributed by atoms with Gasteiger partial charge < -0.3 is 10.6 Å². The van der Waals surface area contributed by atoms with Crippen molar-refractivity contribution in [2.75, 3.05) is 16.2 Å². The highest BCUT2D eigenvalue weighted by Gasteiger charge is 2.27. The first-order chi connectivity index (χ1) is 16.2. The van der Waals surface area contributed by atoms with E-state index in [4.69, 9.17) is 0 Å². The maximum Gasteiger partial charge on any atom is 0.264 e. The second-order valence-electron chi connectivity index (χ2n) is 7.68. The first-order valence-corrected chi connectivity index (χ1v) is 13.3. The van der Waals surface area contributed by atoms with Gasteiger partial charge in [0.1, 0.15) is 6.54 Å². The topological polar surface area (TPSA) is 95.6 Å². The largest absolute Gasteiger partial charge is 0.350 e. The Bertz CT molecular complexity index is 1250. The predicted octanol–water partition coefficient (Wildman–Crippen LogP) is 4.65. The minimum atomic E-state index is -4.01. The first-order valence-electron chi connectivity index (χ1n) is 10.8. The van der Waals surface area contributed by atoms with Gasteiger partial charge in [0, 0.05) is 9.61 Å². The number of hydrogen-bond acceptors (Lipinski definition) is 4. The van der Waals surface area contributed by atoms with Gasteiger partial charge in [-0.15, -0.1) is 0 Å². The lowest BCUT2D eigenvalue weighted by atomic mass is 10.1. The molecule has 7 nitrogen and oxygen atoms in total. The third-order valence-corrected chi connectivity index (χ3v) is 7.68. The van der Waals surface area contributed by atoms with Gasteiger partial charge in [-0.05, 0) is 84.5 Å². The lowest BCUT2D eigenvalue weighted by Gasteiger charge is -2.24. The van der Waals surface area contributed by atoms with Crippen LogP contribution in [0.25, 0.3) is 0 Å². The number of anilines is 2. The zero-order chi connectivity index (χ0) is 24.7. The fourth-order valence-electron chi connectivity index (χ4n) is 3.16. The minimum Gasteiger partial charge on any atom is -0.350 e. The summed E-state index contributed by atoms with van der Waals surface area (Å²) in [7, 11) is -4.01. The third-order valence-electron chi connectivity index (χ3n) is 5.17. The van der Waals surface area contributed by atoms with E-state index < -0.39 is 22.5 Å². The number of nitrogens with zero attached hydrogens (tertiary/aromatic N) is 1. The van der Waals surface area contributed by atoms with Crippen molar-refractivity contribution in [2.24, 2.45) is 0 Å². The standard InChI is InChI=1S/C25H26IN3O4S/c1-3-18(2)27-25(31)22-11-7-8-12-23(22)28-24(30)17-29(20-15-13-19(26)14-16-20)34(32,33)21-9-5-4-6-10-21/h4-16,18H,3,17H2,1-2H3,(H,27,31)(H,28,30)/t18-/m0/s1. The fourth-order valence-corrected chi connectivity index (χ4v) is 4.96. The number of para-hydroxylation sites is 1. The minimum absolute atomic E-state index is 0.0244. The zero-order valence-corrected chi connectivity index (χ0v) is 21.8. The number of carbonyl (C=O) groups is 2. The van der Waals surface area contributed by atoms with Crippen LogP contribution in [0.2, 0.25) is 0 Å². The van der Waals surface area contributed by atoms with Crippen LogP contribution in [-0.4, -0.2) is 32.8 Å². The average molecular weight is 591 g/mol. The maximum atomic E-state index is 13.4. The Morgan fingerprint density at radius 1 is 0.941 bits per heavy atom. The van der Waals surface area contributed by atoms with Crippen LogP contribution in [0.4, 0.5) is 11.4 Å². The number of halogens is 1. The monoisotopic (exact) mass is 591 g/mol. The van der Waals surface area contributed by atoms with Crippen LogP contribution in [0.15, 0.2) is 83.8 Å². The molecule has 1 atom stereocenters. The van der Waals surface area contributed by atoms with Crippen molar-refractivity contribution in [1.82, 2.24) is 5.32 Å². The molecule has 3 aromatic rings. The molecule has 3 rings (SSSR count). The Kier molecular flexibility index (Phi) is 8.67. The summed E-state index contributed by atoms with van der Waals surface area (Å²) >= 11 is 2.13. The molecule has 0 aliphatic rings. The van der Waals surface area contributed by atoms with Gasteiger partial charge in [-0.2, -0.15) is 0 Å². The number of sulfonamides is 1. The summed E-state index contributed by atoms with van der Waals surface area (Å²) in [5.41, 5.74) is 0.984. The molecule has 0 aliphatic heterocycles. The van der Waals surface area contributed by atoms with Crippen molar-refractivity contribution in [3.63, 3.8) is 0 Å². The zero-order valence-electron chi connectivity index (χ0n) is 18.9. The highest BCUT2D eigenvalue weighted by molar-refractivity contribution is 14.1. The van der Waals surface area contributed by atoms with E-state index in [1.807, 2.05) is 13.8 Å². The van der Waals surface area contributed by atoms with E-state index in [2.05, 4.69) is 33.2 Å². The summed E-state index contributed by atoms with van der Waals surface area (Å²) in [6.45, 7) is 3.40. The molecule has 178 valence electrons. The van der Waals surface area contributed by atoms with Crippen LogP contribution in [0.5, 0.6) is 0 Å². The van der Waals surface area contributed by atoms with Crippen LogP contribution < -0.4 is 14.9 Å². The molecule has 3 aromatic carbocycles. The van der Waals surface area contributed by atoms with Gasteiger partial charge in [0.15, 0.2) is 0 Å². The predicted molar refractivity (Wildman–Crippen MR) is 142 cm³/mol. The smallest absolute Gasteiger partial charge is 0.264 e. The third kappa shape index (κ3) is 6.35. The van der Waals surface area contributed by atoms with E-state index in [0.717, 1.165) is 14.3 Å². The van der Waals surface area contributed by atoms with Gasteiger partial charge in [0.2, 0.25) is 5.91 Å². The Morgan fingerprint density at radius 2 is 1.56 bits per heavy atom. The van der Waals surface area contributed by atoms with Crippen molar-refractivity contribution >= 4 is 55.8 Å². The SMILES string of the molecule is CC[C@H](C)NC(=O)c1ccccc1NC(=O)CN(c1ccc(I)cc1)S(=O)(=O)c1ccccc1. The van der Waals surface area contributed by atoms with E-state index >= 15 is 0 Å². The molecule has 0 saturated carbocycles. The molecule has 2 N–H and O–H groups in total. The molecule has 2 amide bonds. The quantitative estimate of drug-likeness (QED) is 0.354. The van der Waals surface area contributed by atoms with E-state index in [9.17, 15) is 18.0 Å². The number of amides is 2. The highest BCUT2D eigenvalue weighted by atomic mass is 127. The normalized spacial score (nSPS) is 12.0. The van der Waals surface area contributed by atoms with Gasteiger partial charge in [-0.3, -0.25) is 13.9 Å². The van der Waals surface area contributed by atoms with E-state index in [1.54, 1.807) is 66.7 Å². The molecule has 0 saturated heterocycles. The van der Waals surface area contributed by atoms with Crippen molar-refractivity contribution in [3.8, 4) is 0 Å². The van der Waals surface area contributed by atoms with Crippen LogP contribution in [0, 0.1) is 3.57 Å². The van der Waals surface area contributed by atoms with Crippen molar-refractivity contribution in [3.05, 3.63) is 88.0 Å². The summed E-state index contributed by atoms with van der Waals surface area (Å²) in [4.78, 5) is 25.8.